The van der Waals surface area contributed by atoms with Gasteiger partial charge in [-0.2, -0.15) is 4.31 Å². The molecule has 1 heterocycles. The molecule has 3 N–H and O–H groups in total. The number of rotatable bonds is 5. The van der Waals surface area contributed by atoms with Crippen LogP contribution in [-0.2, 0) is 19.6 Å². The lowest BCUT2D eigenvalue weighted by atomic mass is 10.2. The minimum atomic E-state index is -3.88. The summed E-state index contributed by atoms with van der Waals surface area (Å²) in [5.41, 5.74) is 4.76. The van der Waals surface area contributed by atoms with E-state index in [-0.39, 0.29) is 15.5 Å². The highest BCUT2D eigenvalue weighted by Gasteiger charge is 2.29. The number of sulfonamides is 1. The maximum atomic E-state index is 13.0. The third kappa shape index (κ3) is 5.43. The quantitative estimate of drug-likeness (QED) is 0.680. The van der Waals surface area contributed by atoms with Gasteiger partial charge in [0.15, 0.2) is 6.10 Å². The Balaban J connectivity index is 2.23. The van der Waals surface area contributed by atoms with E-state index in [4.69, 9.17) is 22.1 Å². The Morgan fingerprint density at radius 1 is 1.18 bits per heavy atom. The van der Waals surface area contributed by atoms with Gasteiger partial charge < -0.3 is 10.5 Å². The van der Waals surface area contributed by atoms with Crippen molar-refractivity contribution in [3.05, 3.63) is 28.8 Å². The summed E-state index contributed by atoms with van der Waals surface area (Å²) in [5, 5.41) is 1.78. The molecule has 9 nitrogen and oxygen atoms in total. The van der Waals surface area contributed by atoms with E-state index in [9.17, 15) is 22.8 Å². The van der Waals surface area contributed by atoms with Gasteiger partial charge in [-0.25, -0.2) is 18.0 Å². The number of esters is 1. The van der Waals surface area contributed by atoms with Gasteiger partial charge in [-0.15, -0.1) is 0 Å². The molecule has 1 aromatic rings. The number of halogens is 1. The average molecular weight is 432 g/mol. The fourth-order valence-corrected chi connectivity index (χ4v) is 4.77. The maximum Gasteiger partial charge on any atom is 0.338 e. The van der Waals surface area contributed by atoms with E-state index in [2.05, 4.69) is 0 Å². The van der Waals surface area contributed by atoms with Gasteiger partial charge in [-0.1, -0.05) is 24.4 Å². The molecule has 0 aliphatic carbocycles. The lowest BCUT2D eigenvalue weighted by Crippen LogP contribution is -2.42. The number of nitrogens with zero attached hydrogens (tertiary/aromatic N) is 1. The molecule has 0 spiro atoms. The number of carbonyl (C=O) groups excluding carboxylic acids is 3. The van der Waals surface area contributed by atoms with E-state index < -0.39 is 34.0 Å². The molecule has 0 bridgehead atoms. The number of nitrogens with one attached hydrogen (secondary N) is 1. The van der Waals surface area contributed by atoms with E-state index in [0.29, 0.717) is 13.1 Å². The second-order valence-corrected chi connectivity index (χ2v) is 8.68. The first-order chi connectivity index (χ1) is 13.1. The summed E-state index contributed by atoms with van der Waals surface area (Å²) in [6.45, 7) is 2.02. The van der Waals surface area contributed by atoms with Gasteiger partial charge in [0.2, 0.25) is 10.0 Å². The first kappa shape index (κ1) is 22.1. The number of nitrogens with two attached hydrogens (primary N) is 1. The number of amides is 3. The molecule has 28 heavy (non-hydrogen) atoms. The van der Waals surface area contributed by atoms with Crippen molar-refractivity contribution in [3.63, 3.8) is 0 Å². The normalized spacial score (nSPS) is 16.6. The lowest BCUT2D eigenvalue weighted by Gasteiger charge is -2.21. The molecule has 1 atom stereocenters. The fraction of sp³-hybridized carbons (Fsp3) is 0.471. The van der Waals surface area contributed by atoms with Crippen LogP contribution in [0.1, 0.15) is 43.0 Å². The number of carbonyl (C=O) groups is 3. The Bertz CT molecular complexity index is 866. The van der Waals surface area contributed by atoms with Crippen LogP contribution < -0.4 is 11.1 Å². The third-order valence-electron chi connectivity index (χ3n) is 4.25. The monoisotopic (exact) mass is 431 g/mol. The van der Waals surface area contributed by atoms with Crippen LogP contribution >= 0.6 is 11.6 Å². The van der Waals surface area contributed by atoms with Crippen molar-refractivity contribution >= 4 is 39.5 Å². The van der Waals surface area contributed by atoms with Gasteiger partial charge in [-0.3, -0.25) is 10.1 Å². The summed E-state index contributed by atoms with van der Waals surface area (Å²) in [6.07, 6.45) is 2.12. The lowest BCUT2D eigenvalue weighted by molar-refractivity contribution is -0.127. The average Bonchev–Trinajstić information content (AvgIpc) is 2.91. The predicted molar refractivity (Wildman–Crippen MR) is 101 cm³/mol. The molecule has 154 valence electrons. The molecule has 2 rings (SSSR count). The molecule has 1 aliphatic heterocycles. The highest BCUT2D eigenvalue weighted by atomic mass is 35.5. The summed E-state index contributed by atoms with van der Waals surface area (Å²) in [5.74, 6) is -1.83. The number of ether oxygens (including phenoxy) is 1. The van der Waals surface area contributed by atoms with Crippen molar-refractivity contribution < 1.29 is 27.5 Å². The molecule has 0 aromatic heterocycles. The Morgan fingerprint density at radius 3 is 2.36 bits per heavy atom. The molecular formula is C17H22ClN3O6S. The summed E-state index contributed by atoms with van der Waals surface area (Å²) in [6, 6.07) is 2.64. The van der Waals surface area contributed by atoms with Crippen molar-refractivity contribution in [3.8, 4) is 0 Å². The summed E-state index contributed by atoms with van der Waals surface area (Å²) in [4.78, 5) is 34.4. The second kappa shape index (κ2) is 9.35. The minimum Gasteiger partial charge on any atom is -0.449 e. The van der Waals surface area contributed by atoms with Crippen LogP contribution in [0.3, 0.4) is 0 Å². The number of benzene rings is 1. The van der Waals surface area contributed by atoms with Crippen molar-refractivity contribution in [1.82, 2.24) is 9.62 Å². The van der Waals surface area contributed by atoms with Crippen LogP contribution in [0.4, 0.5) is 4.79 Å². The standard InChI is InChI=1S/C17H22ClN3O6S/c1-11(15(22)20-17(19)24)27-16(23)12-6-7-13(18)14(10-12)28(25,26)21-8-4-2-3-5-9-21/h6-7,10-11H,2-5,8-9H2,1H3,(H3,19,20,22,24)/t11-/m0/s1. The Morgan fingerprint density at radius 2 is 1.79 bits per heavy atom. The Labute approximate surface area is 168 Å². The summed E-state index contributed by atoms with van der Waals surface area (Å²) < 4.78 is 32.2. The number of hydrogen-bond acceptors (Lipinski definition) is 6. The molecule has 1 aromatic carbocycles. The van der Waals surface area contributed by atoms with E-state index in [1.807, 2.05) is 0 Å². The third-order valence-corrected chi connectivity index (χ3v) is 6.63. The number of primary amides is 1. The van der Waals surface area contributed by atoms with E-state index in [0.717, 1.165) is 31.7 Å². The first-order valence-electron chi connectivity index (χ1n) is 8.74. The minimum absolute atomic E-state index is 0.0136. The molecule has 1 fully saturated rings. The second-order valence-electron chi connectivity index (χ2n) is 6.36. The van der Waals surface area contributed by atoms with Gasteiger partial charge in [0, 0.05) is 13.1 Å². The van der Waals surface area contributed by atoms with E-state index >= 15 is 0 Å². The van der Waals surface area contributed by atoms with Crippen molar-refractivity contribution in [2.75, 3.05) is 13.1 Å². The number of urea groups is 1. The van der Waals surface area contributed by atoms with Crippen LogP contribution in [0.25, 0.3) is 0 Å². The number of imide groups is 1. The van der Waals surface area contributed by atoms with Crippen LogP contribution in [0.15, 0.2) is 23.1 Å². The van der Waals surface area contributed by atoms with Crippen LogP contribution in [0.2, 0.25) is 5.02 Å². The van der Waals surface area contributed by atoms with Crippen molar-refractivity contribution in [2.45, 2.75) is 43.6 Å². The molecule has 0 unspecified atom stereocenters. The molecule has 0 saturated carbocycles. The smallest absolute Gasteiger partial charge is 0.338 e. The van der Waals surface area contributed by atoms with Gasteiger partial charge in [0.25, 0.3) is 5.91 Å². The van der Waals surface area contributed by atoms with Crippen LogP contribution in [0.5, 0.6) is 0 Å². The highest BCUT2D eigenvalue weighted by molar-refractivity contribution is 7.89. The van der Waals surface area contributed by atoms with Gasteiger partial charge in [0.1, 0.15) is 4.90 Å². The molecule has 1 saturated heterocycles. The maximum absolute atomic E-state index is 13.0. The zero-order valence-electron chi connectivity index (χ0n) is 15.3. The summed E-state index contributed by atoms with van der Waals surface area (Å²) >= 11 is 6.09. The number of hydrogen-bond donors (Lipinski definition) is 2. The van der Waals surface area contributed by atoms with Gasteiger partial charge >= 0.3 is 12.0 Å². The largest absolute Gasteiger partial charge is 0.449 e. The molecule has 3 amide bonds. The fourth-order valence-electron chi connectivity index (χ4n) is 2.75. The van der Waals surface area contributed by atoms with Crippen LogP contribution in [0, 0.1) is 0 Å². The molecular weight excluding hydrogens is 410 g/mol. The Kier molecular flexibility index (Phi) is 7.39. The van der Waals surface area contributed by atoms with E-state index in [1.54, 1.807) is 5.32 Å². The van der Waals surface area contributed by atoms with Crippen molar-refractivity contribution in [2.24, 2.45) is 5.73 Å². The summed E-state index contributed by atoms with van der Waals surface area (Å²) in [7, 11) is -3.88. The SMILES string of the molecule is C[C@H](OC(=O)c1ccc(Cl)c(S(=O)(=O)N2CCCCCC2)c1)C(=O)NC(N)=O. The molecule has 0 radical (unpaired) electrons. The molecule has 1 aliphatic rings. The highest BCUT2D eigenvalue weighted by Crippen LogP contribution is 2.28. The zero-order valence-corrected chi connectivity index (χ0v) is 16.9. The van der Waals surface area contributed by atoms with Crippen LogP contribution in [-0.4, -0.2) is 49.8 Å². The first-order valence-corrected chi connectivity index (χ1v) is 10.6. The Hall–Kier alpha value is -2.17. The van der Waals surface area contributed by atoms with Gasteiger partial charge in [0.05, 0.1) is 10.6 Å². The van der Waals surface area contributed by atoms with E-state index in [1.165, 1.54) is 23.4 Å². The molecule has 11 heteroatoms. The van der Waals surface area contributed by atoms with Crippen molar-refractivity contribution in [1.29, 1.82) is 0 Å². The topological polar surface area (TPSA) is 136 Å². The van der Waals surface area contributed by atoms with Gasteiger partial charge in [-0.05, 0) is 38.0 Å². The zero-order chi connectivity index (χ0) is 20.9. The predicted octanol–water partition coefficient (Wildman–Crippen LogP) is 1.64.